The molecule has 0 radical (unpaired) electrons. The summed E-state index contributed by atoms with van der Waals surface area (Å²) in [6.07, 6.45) is 2.72. The summed E-state index contributed by atoms with van der Waals surface area (Å²) in [5.41, 5.74) is -0.184. The lowest BCUT2D eigenvalue weighted by Crippen LogP contribution is -2.17. The van der Waals surface area contributed by atoms with Crippen LogP contribution < -0.4 is 5.69 Å². The highest BCUT2D eigenvalue weighted by molar-refractivity contribution is 8.00. The SMILES string of the molecule is O=C1OCC[C@H]1Sc1n[nH]c(=O)n1C1CC1. The molecule has 1 saturated carbocycles. The van der Waals surface area contributed by atoms with Crippen LogP contribution in [-0.2, 0) is 9.53 Å². The molecule has 1 aromatic rings. The number of H-pyrrole nitrogens is 1. The number of esters is 1. The number of hydrogen-bond donors (Lipinski definition) is 1. The van der Waals surface area contributed by atoms with Gasteiger partial charge in [-0.2, -0.15) is 0 Å². The van der Waals surface area contributed by atoms with Gasteiger partial charge in [0.25, 0.3) is 0 Å². The zero-order valence-corrected chi connectivity index (χ0v) is 9.33. The smallest absolute Gasteiger partial charge is 0.344 e. The topological polar surface area (TPSA) is 77.0 Å². The minimum Gasteiger partial charge on any atom is -0.465 e. The van der Waals surface area contributed by atoms with Crippen molar-refractivity contribution in [3.8, 4) is 0 Å². The van der Waals surface area contributed by atoms with Gasteiger partial charge in [-0.3, -0.25) is 9.36 Å². The van der Waals surface area contributed by atoms with Crippen molar-refractivity contribution in [2.24, 2.45) is 0 Å². The van der Waals surface area contributed by atoms with Crippen molar-refractivity contribution in [3.05, 3.63) is 10.5 Å². The summed E-state index contributed by atoms with van der Waals surface area (Å²) in [5.74, 6) is -0.206. The highest BCUT2D eigenvalue weighted by Gasteiger charge is 2.33. The van der Waals surface area contributed by atoms with Crippen LogP contribution in [0.25, 0.3) is 0 Å². The molecule has 0 unspecified atom stereocenters. The number of aromatic nitrogens is 3. The summed E-state index contributed by atoms with van der Waals surface area (Å²) in [6.45, 7) is 0.467. The van der Waals surface area contributed by atoms with Gasteiger partial charge in [-0.05, 0) is 12.8 Å². The van der Waals surface area contributed by atoms with Crippen LogP contribution in [-0.4, -0.2) is 32.6 Å². The van der Waals surface area contributed by atoms with Gasteiger partial charge in [-0.15, -0.1) is 5.10 Å². The minimum atomic E-state index is -0.215. The van der Waals surface area contributed by atoms with E-state index in [-0.39, 0.29) is 23.0 Å². The van der Waals surface area contributed by atoms with E-state index < -0.39 is 0 Å². The van der Waals surface area contributed by atoms with Gasteiger partial charge >= 0.3 is 11.7 Å². The van der Waals surface area contributed by atoms with E-state index in [9.17, 15) is 9.59 Å². The molecule has 16 heavy (non-hydrogen) atoms. The first-order valence-corrected chi connectivity index (χ1v) is 6.14. The van der Waals surface area contributed by atoms with Crippen LogP contribution in [0.1, 0.15) is 25.3 Å². The number of aromatic amines is 1. The molecule has 2 heterocycles. The highest BCUT2D eigenvalue weighted by Crippen LogP contribution is 2.37. The van der Waals surface area contributed by atoms with Crippen LogP contribution in [0, 0.1) is 0 Å². The van der Waals surface area contributed by atoms with Crippen molar-refractivity contribution in [1.82, 2.24) is 14.8 Å². The number of cyclic esters (lactones) is 1. The summed E-state index contributed by atoms with van der Waals surface area (Å²) in [4.78, 5) is 22.8. The quantitative estimate of drug-likeness (QED) is 0.771. The Hall–Kier alpha value is -1.24. The van der Waals surface area contributed by atoms with Crippen molar-refractivity contribution in [3.63, 3.8) is 0 Å². The van der Waals surface area contributed by atoms with Crippen LogP contribution in [0.15, 0.2) is 9.95 Å². The van der Waals surface area contributed by atoms with Gasteiger partial charge in [-0.1, -0.05) is 11.8 Å². The molecule has 0 spiro atoms. The Morgan fingerprint density at radius 2 is 2.19 bits per heavy atom. The molecule has 7 heteroatoms. The molecule has 1 aliphatic carbocycles. The molecule has 0 bridgehead atoms. The van der Waals surface area contributed by atoms with Crippen molar-refractivity contribution < 1.29 is 9.53 Å². The summed E-state index contributed by atoms with van der Waals surface area (Å²) < 4.78 is 6.52. The molecule has 2 fully saturated rings. The van der Waals surface area contributed by atoms with Crippen LogP contribution in [0.5, 0.6) is 0 Å². The van der Waals surface area contributed by atoms with Gasteiger partial charge in [0, 0.05) is 12.5 Å². The molecule has 0 amide bonds. The van der Waals surface area contributed by atoms with Crippen molar-refractivity contribution >= 4 is 17.7 Å². The Morgan fingerprint density at radius 1 is 1.38 bits per heavy atom. The fraction of sp³-hybridized carbons (Fsp3) is 0.667. The van der Waals surface area contributed by atoms with Gasteiger partial charge in [0.2, 0.25) is 0 Å². The van der Waals surface area contributed by atoms with Gasteiger partial charge in [0.1, 0.15) is 5.25 Å². The fourth-order valence-electron chi connectivity index (χ4n) is 1.74. The van der Waals surface area contributed by atoms with E-state index in [0.717, 1.165) is 12.8 Å². The van der Waals surface area contributed by atoms with E-state index in [1.807, 2.05) is 0 Å². The molecule has 3 rings (SSSR count). The Balaban J connectivity index is 1.83. The van der Waals surface area contributed by atoms with E-state index >= 15 is 0 Å². The van der Waals surface area contributed by atoms with Crippen molar-refractivity contribution in [2.75, 3.05) is 6.61 Å². The third-order valence-corrected chi connectivity index (χ3v) is 3.93. The number of nitrogens with one attached hydrogen (secondary N) is 1. The van der Waals surface area contributed by atoms with Crippen LogP contribution in [0.4, 0.5) is 0 Å². The van der Waals surface area contributed by atoms with E-state index in [1.54, 1.807) is 4.57 Å². The number of carbonyl (C=O) groups excluding carboxylic acids is 1. The second-order valence-corrected chi connectivity index (χ2v) is 5.15. The maximum Gasteiger partial charge on any atom is 0.344 e. The maximum absolute atomic E-state index is 11.5. The fourth-order valence-corrected chi connectivity index (χ4v) is 2.82. The molecule has 1 aliphatic heterocycles. The lowest BCUT2D eigenvalue weighted by molar-refractivity contribution is -0.137. The predicted octanol–water partition coefficient (Wildman–Crippen LogP) is 0.314. The molecule has 1 aromatic heterocycles. The van der Waals surface area contributed by atoms with Crippen molar-refractivity contribution in [2.45, 2.75) is 35.7 Å². The molecular formula is C9H11N3O3S. The van der Waals surface area contributed by atoms with E-state index in [0.29, 0.717) is 18.2 Å². The van der Waals surface area contributed by atoms with E-state index in [4.69, 9.17) is 4.74 Å². The van der Waals surface area contributed by atoms with Crippen LogP contribution in [0.3, 0.4) is 0 Å². The predicted molar refractivity (Wildman–Crippen MR) is 56.3 cm³/mol. The number of rotatable bonds is 3. The number of ether oxygens (including phenoxy) is 1. The Kier molecular flexibility index (Phi) is 2.27. The first kappa shape index (κ1) is 9.95. The number of nitrogens with zero attached hydrogens (tertiary/aromatic N) is 2. The average molecular weight is 241 g/mol. The average Bonchev–Trinajstić information content (AvgIpc) is 2.92. The first-order chi connectivity index (χ1) is 7.75. The van der Waals surface area contributed by atoms with Gasteiger partial charge in [-0.25, -0.2) is 9.89 Å². The van der Waals surface area contributed by atoms with E-state index in [1.165, 1.54) is 11.8 Å². The highest BCUT2D eigenvalue weighted by atomic mass is 32.2. The Labute approximate surface area is 95.4 Å². The Bertz CT molecular complexity index is 477. The number of carbonyl (C=O) groups is 1. The van der Waals surface area contributed by atoms with Crippen molar-refractivity contribution in [1.29, 1.82) is 0 Å². The van der Waals surface area contributed by atoms with Crippen LogP contribution in [0.2, 0.25) is 0 Å². The molecule has 0 aromatic carbocycles. The number of thioether (sulfide) groups is 1. The van der Waals surface area contributed by atoms with Gasteiger partial charge in [0.05, 0.1) is 6.61 Å². The lowest BCUT2D eigenvalue weighted by atomic mass is 10.4. The number of hydrogen-bond acceptors (Lipinski definition) is 5. The maximum atomic E-state index is 11.5. The van der Waals surface area contributed by atoms with Crippen LogP contribution >= 0.6 is 11.8 Å². The largest absolute Gasteiger partial charge is 0.465 e. The standard InChI is InChI=1S/C9H11N3O3S/c13-7-6(3-4-15-7)16-9-11-10-8(14)12(9)5-1-2-5/h5-6H,1-4H2,(H,10,14)/t6-/m1/s1. The molecule has 1 N–H and O–H groups in total. The van der Waals surface area contributed by atoms with Gasteiger partial charge < -0.3 is 4.74 Å². The minimum absolute atomic E-state index is 0.184. The summed E-state index contributed by atoms with van der Waals surface area (Å²) in [5, 5.41) is 6.78. The monoisotopic (exact) mass is 241 g/mol. The Morgan fingerprint density at radius 3 is 2.81 bits per heavy atom. The second-order valence-electron chi connectivity index (χ2n) is 3.98. The molecule has 86 valence electrons. The first-order valence-electron chi connectivity index (χ1n) is 5.26. The third kappa shape index (κ3) is 1.64. The molecular weight excluding hydrogens is 230 g/mol. The zero-order valence-electron chi connectivity index (χ0n) is 8.51. The summed E-state index contributed by atoms with van der Waals surface area (Å²) in [7, 11) is 0. The molecule has 6 nitrogen and oxygen atoms in total. The second kappa shape index (κ2) is 3.65. The van der Waals surface area contributed by atoms with Gasteiger partial charge in [0.15, 0.2) is 5.16 Å². The summed E-state index contributed by atoms with van der Waals surface area (Å²) in [6, 6.07) is 0.270. The molecule has 2 aliphatic rings. The zero-order chi connectivity index (χ0) is 11.1. The normalized spacial score (nSPS) is 24.8. The molecule has 1 saturated heterocycles. The lowest BCUT2D eigenvalue weighted by Gasteiger charge is -2.05. The van der Waals surface area contributed by atoms with E-state index in [2.05, 4.69) is 10.2 Å². The third-order valence-electron chi connectivity index (χ3n) is 2.72. The molecule has 1 atom stereocenters. The summed E-state index contributed by atoms with van der Waals surface area (Å²) >= 11 is 1.32.